The molecule has 0 amide bonds. The summed E-state index contributed by atoms with van der Waals surface area (Å²) in [5.74, 6) is 1.67. The largest absolute Gasteiger partial charge is 0.379 e. The Bertz CT molecular complexity index is 792. The summed E-state index contributed by atoms with van der Waals surface area (Å²) in [5.41, 5.74) is 1.80. The summed E-state index contributed by atoms with van der Waals surface area (Å²) in [6, 6.07) is 7.71. The molecular weight excluding hydrogens is 527 g/mol. The van der Waals surface area contributed by atoms with E-state index in [0.717, 1.165) is 36.0 Å². The summed E-state index contributed by atoms with van der Waals surface area (Å²) in [6.45, 7) is 3.23. The van der Waals surface area contributed by atoms with Gasteiger partial charge in [0.2, 0.25) is 10.0 Å². The first-order chi connectivity index (χ1) is 14.6. The molecule has 0 atom stereocenters. The van der Waals surface area contributed by atoms with Gasteiger partial charge in [0.05, 0.1) is 19.0 Å². The van der Waals surface area contributed by atoms with Gasteiger partial charge in [0, 0.05) is 33.2 Å². The predicted molar refractivity (Wildman–Crippen MR) is 136 cm³/mol. The average molecular weight is 565 g/mol. The second-order valence-electron chi connectivity index (χ2n) is 8.18. The number of nitrogens with zero attached hydrogens (tertiary/aromatic N) is 2. The Hall–Kier alpha value is -0.910. The van der Waals surface area contributed by atoms with Gasteiger partial charge >= 0.3 is 0 Å². The van der Waals surface area contributed by atoms with Crippen LogP contribution in [0.2, 0.25) is 0 Å². The molecule has 0 bridgehead atoms. The van der Waals surface area contributed by atoms with Gasteiger partial charge in [-0.25, -0.2) is 8.42 Å². The minimum Gasteiger partial charge on any atom is -0.379 e. The average Bonchev–Trinajstić information content (AvgIpc) is 3.28. The summed E-state index contributed by atoms with van der Waals surface area (Å²) < 4.78 is 32.4. The van der Waals surface area contributed by atoms with Crippen molar-refractivity contribution in [2.75, 3.05) is 39.9 Å². The van der Waals surface area contributed by atoms with Crippen molar-refractivity contribution in [3.05, 3.63) is 35.4 Å². The fourth-order valence-electron chi connectivity index (χ4n) is 4.28. The van der Waals surface area contributed by atoms with Crippen molar-refractivity contribution < 1.29 is 13.2 Å². The van der Waals surface area contributed by atoms with Crippen molar-refractivity contribution in [3.63, 3.8) is 0 Å². The summed E-state index contributed by atoms with van der Waals surface area (Å²) in [4.78, 5) is 4.30. The molecule has 1 aromatic carbocycles. The third-order valence-corrected chi connectivity index (χ3v) is 7.87. The quantitative estimate of drug-likeness (QED) is 0.209. The van der Waals surface area contributed by atoms with Crippen molar-refractivity contribution in [1.82, 2.24) is 14.9 Å². The number of morpholine rings is 1. The lowest BCUT2D eigenvalue weighted by atomic mass is 10.0. The minimum absolute atomic E-state index is 0. The summed E-state index contributed by atoms with van der Waals surface area (Å²) in [7, 11) is -1.58. The molecule has 1 aliphatic carbocycles. The number of ether oxygens (including phenoxy) is 1. The Balaban J connectivity index is 0.00000341. The molecule has 9 heteroatoms. The Labute approximate surface area is 204 Å². The van der Waals surface area contributed by atoms with Crippen molar-refractivity contribution in [3.8, 4) is 0 Å². The van der Waals surface area contributed by atoms with Crippen molar-refractivity contribution in [2.45, 2.75) is 50.8 Å². The lowest BCUT2D eigenvalue weighted by Gasteiger charge is -2.26. The van der Waals surface area contributed by atoms with Crippen LogP contribution in [0.3, 0.4) is 0 Å². The zero-order valence-corrected chi connectivity index (χ0v) is 21.7. The number of hydrogen-bond acceptors (Lipinski definition) is 4. The fourth-order valence-corrected chi connectivity index (χ4v) is 5.84. The van der Waals surface area contributed by atoms with Crippen LogP contribution in [0.25, 0.3) is 0 Å². The Morgan fingerprint density at radius 1 is 1.13 bits per heavy atom. The van der Waals surface area contributed by atoms with Gasteiger partial charge in [0.1, 0.15) is 0 Å². The van der Waals surface area contributed by atoms with Gasteiger partial charge in [-0.1, -0.05) is 49.9 Å². The van der Waals surface area contributed by atoms with Crippen LogP contribution in [0.1, 0.15) is 49.7 Å². The highest BCUT2D eigenvalue weighted by molar-refractivity contribution is 14.0. The number of halogens is 1. The fraction of sp³-hybridized carbons (Fsp3) is 0.682. The first kappa shape index (κ1) is 26.3. The zero-order chi connectivity index (χ0) is 21.2. The third kappa shape index (κ3) is 8.51. The standard InChI is InChI=1S/C22H36N4O3S.HI/c1-23-22(24-12-6-9-19-7-2-3-8-19)25-17-20-10-4-5-11-21(20)18-30(27,28)26-13-15-29-16-14-26;/h4-5,10-11,19H,2-3,6-9,12-18H2,1H3,(H2,23,24,25);1H. The molecule has 1 heterocycles. The topological polar surface area (TPSA) is 83.0 Å². The lowest BCUT2D eigenvalue weighted by molar-refractivity contribution is 0.0729. The van der Waals surface area contributed by atoms with E-state index in [1.165, 1.54) is 36.4 Å². The zero-order valence-electron chi connectivity index (χ0n) is 18.5. The molecule has 31 heavy (non-hydrogen) atoms. The van der Waals surface area contributed by atoms with Crippen LogP contribution in [0.5, 0.6) is 0 Å². The van der Waals surface area contributed by atoms with E-state index in [-0.39, 0.29) is 29.7 Å². The second-order valence-corrected chi connectivity index (χ2v) is 10.2. The number of nitrogens with one attached hydrogen (secondary N) is 2. The van der Waals surface area contributed by atoms with E-state index >= 15 is 0 Å². The van der Waals surface area contributed by atoms with E-state index in [4.69, 9.17) is 4.74 Å². The molecule has 2 aliphatic rings. The Kier molecular flexibility index (Phi) is 11.6. The Morgan fingerprint density at radius 2 is 1.81 bits per heavy atom. The van der Waals surface area contributed by atoms with Crippen LogP contribution in [-0.2, 0) is 27.1 Å². The number of guanidine groups is 1. The van der Waals surface area contributed by atoms with Gasteiger partial charge in [-0.2, -0.15) is 4.31 Å². The predicted octanol–water partition coefficient (Wildman–Crippen LogP) is 3.10. The minimum atomic E-state index is -3.35. The van der Waals surface area contributed by atoms with Crippen molar-refractivity contribution in [2.24, 2.45) is 10.9 Å². The molecule has 2 fully saturated rings. The third-order valence-electron chi connectivity index (χ3n) is 6.05. The molecule has 3 rings (SSSR count). The smallest absolute Gasteiger partial charge is 0.218 e. The van der Waals surface area contributed by atoms with Gasteiger partial charge in [0.25, 0.3) is 0 Å². The molecule has 0 aromatic heterocycles. The monoisotopic (exact) mass is 564 g/mol. The summed E-state index contributed by atoms with van der Waals surface area (Å²) in [6.07, 6.45) is 7.99. The number of benzene rings is 1. The van der Waals surface area contributed by atoms with E-state index in [2.05, 4.69) is 15.6 Å². The van der Waals surface area contributed by atoms with Gasteiger partial charge in [-0.05, 0) is 29.9 Å². The van der Waals surface area contributed by atoms with Crippen LogP contribution >= 0.6 is 24.0 Å². The number of sulfonamides is 1. The molecule has 1 aliphatic heterocycles. The molecule has 2 N–H and O–H groups in total. The van der Waals surface area contributed by atoms with Crippen LogP contribution in [-0.4, -0.2) is 58.6 Å². The molecule has 0 radical (unpaired) electrons. The summed E-state index contributed by atoms with van der Waals surface area (Å²) in [5, 5.41) is 6.71. The van der Waals surface area contributed by atoms with Crippen LogP contribution in [0, 0.1) is 5.92 Å². The van der Waals surface area contributed by atoms with Gasteiger partial charge in [-0.3, -0.25) is 4.99 Å². The maximum Gasteiger partial charge on any atom is 0.218 e. The highest BCUT2D eigenvalue weighted by Crippen LogP contribution is 2.28. The van der Waals surface area contributed by atoms with Gasteiger partial charge < -0.3 is 15.4 Å². The van der Waals surface area contributed by atoms with Crippen LogP contribution in [0.15, 0.2) is 29.3 Å². The van der Waals surface area contributed by atoms with Gasteiger partial charge in [0.15, 0.2) is 5.96 Å². The SMILES string of the molecule is CN=C(NCCCC1CCCC1)NCc1ccccc1CS(=O)(=O)N1CCOCC1.I. The van der Waals surface area contributed by atoms with E-state index in [1.54, 1.807) is 7.05 Å². The first-order valence-corrected chi connectivity index (χ1v) is 12.8. The van der Waals surface area contributed by atoms with E-state index in [0.29, 0.717) is 32.8 Å². The maximum atomic E-state index is 12.8. The van der Waals surface area contributed by atoms with Gasteiger partial charge in [-0.15, -0.1) is 24.0 Å². The summed E-state index contributed by atoms with van der Waals surface area (Å²) >= 11 is 0. The second kappa shape index (κ2) is 13.6. The molecule has 1 saturated heterocycles. The molecule has 0 unspecified atom stereocenters. The van der Waals surface area contributed by atoms with Crippen molar-refractivity contribution in [1.29, 1.82) is 0 Å². The lowest BCUT2D eigenvalue weighted by Crippen LogP contribution is -2.41. The number of hydrogen-bond donors (Lipinski definition) is 2. The van der Waals surface area contributed by atoms with Crippen LogP contribution < -0.4 is 10.6 Å². The normalized spacial score (nSPS) is 18.5. The molecule has 1 saturated carbocycles. The van der Waals surface area contributed by atoms with E-state index in [1.807, 2.05) is 24.3 Å². The highest BCUT2D eigenvalue weighted by atomic mass is 127. The number of aliphatic imine (C=N–C) groups is 1. The maximum absolute atomic E-state index is 12.8. The first-order valence-electron chi connectivity index (χ1n) is 11.2. The molecule has 1 aromatic rings. The van der Waals surface area contributed by atoms with Crippen LogP contribution in [0.4, 0.5) is 0 Å². The molecule has 176 valence electrons. The Morgan fingerprint density at radius 3 is 2.48 bits per heavy atom. The van der Waals surface area contributed by atoms with E-state index < -0.39 is 10.0 Å². The molecule has 0 spiro atoms. The van der Waals surface area contributed by atoms with Crippen molar-refractivity contribution >= 4 is 40.0 Å². The molecular formula is C22H37IN4O3S. The van der Waals surface area contributed by atoms with E-state index in [9.17, 15) is 8.42 Å². The number of rotatable bonds is 9. The molecule has 7 nitrogen and oxygen atoms in total. The highest BCUT2D eigenvalue weighted by Gasteiger charge is 2.25.